The zero-order valence-electron chi connectivity index (χ0n) is 20.9. The Kier molecular flexibility index (Phi) is 8.79. The van der Waals surface area contributed by atoms with E-state index >= 15 is 0 Å². The van der Waals surface area contributed by atoms with Gasteiger partial charge in [0, 0.05) is 50.2 Å². The molecule has 0 spiro atoms. The lowest BCUT2D eigenvalue weighted by Crippen LogP contribution is -2.39. The van der Waals surface area contributed by atoms with E-state index < -0.39 is 0 Å². The van der Waals surface area contributed by atoms with Crippen molar-refractivity contribution < 1.29 is 4.79 Å². The average molecular weight is 490 g/mol. The standard InChI is InChI=1S/C28H32ClN5O/c1-20(2)34(25-8-6-7-23(16-25)17-29)27(35)9-10-32-11-12-33(28(32)26(18-30)31-5)19-24-14-21(3)13-22(4)15-24/h6-8,13-16,20H,9-12,17,19H2,1-4H3/b28-26+. The average Bonchev–Trinajstić information content (AvgIpc) is 3.20. The van der Waals surface area contributed by atoms with Gasteiger partial charge in [0.25, 0.3) is 0 Å². The van der Waals surface area contributed by atoms with Crippen LogP contribution < -0.4 is 4.90 Å². The highest BCUT2D eigenvalue weighted by Gasteiger charge is 2.30. The van der Waals surface area contributed by atoms with Crippen LogP contribution in [0.4, 0.5) is 5.69 Å². The Hall–Kier alpha value is -3.48. The van der Waals surface area contributed by atoms with Gasteiger partial charge < -0.3 is 14.7 Å². The molecule has 1 saturated heterocycles. The summed E-state index contributed by atoms with van der Waals surface area (Å²) in [4.78, 5) is 22.7. The van der Waals surface area contributed by atoms with E-state index in [0.717, 1.165) is 16.8 Å². The van der Waals surface area contributed by atoms with E-state index in [0.29, 0.717) is 37.9 Å². The highest BCUT2D eigenvalue weighted by Crippen LogP contribution is 2.27. The Morgan fingerprint density at radius 1 is 1.14 bits per heavy atom. The highest BCUT2D eigenvalue weighted by atomic mass is 35.5. The molecule has 0 bridgehead atoms. The molecule has 1 amide bonds. The molecule has 0 N–H and O–H groups in total. The summed E-state index contributed by atoms with van der Waals surface area (Å²) in [5.74, 6) is 1.01. The van der Waals surface area contributed by atoms with E-state index in [9.17, 15) is 10.1 Å². The van der Waals surface area contributed by atoms with Crippen LogP contribution in [0.5, 0.6) is 0 Å². The van der Waals surface area contributed by atoms with Crippen LogP contribution >= 0.6 is 11.6 Å². The molecule has 1 fully saturated rings. The maximum Gasteiger partial charge on any atom is 0.300 e. The largest absolute Gasteiger partial charge is 0.364 e. The molecule has 0 unspecified atom stereocenters. The second-order valence-corrected chi connectivity index (χ2v) is 9.48. The Morgan fingerprint density at radius 3 is 2.43 bits per heavy atom. The summed E-state index contributed by atoms with van der Waals surface area (Å²) >= 11 is 6.00. The van der Waals surface area contributed by atoms with Gasteiger partial charge in [0.15, 0.2) is 0 Å². The van der Waals surface area contributed by atoms with Crippen LogP contribution in [0.3, 0.4) is 0 Å². The zero-order valence-corrected chi connectivity index (χ0v) is 21.6. The zero-order chi connectivity index (χ0) is 25.5. The number of nitrogens with zero attached hydrogens (tertiary/aromatic N) is 5. The van der Waals surface area contributed by atoms with Crippen molar-refractivity contribution in [2.75, 3.05) is 24.5 Å². The molecule has 35 heavy (non-hydrogen) atoms. The number of amides is 1. The molecule has 7 heteroatoms. The first-order valence-electron chi connectivity index (χ1n) is 11.8. The number of rotatable bonds is 8. The van der Waals surface area contributed by atoms with Crippen LogP contribution in [0, 0.1) is 31.8 Å². The van der Waals surface area contributed by atoms with Gasteiger partial charge >= 0.3 is 5.70 Å². The van der Waals surface area contributed by atoms with Gasteiger partial charge in [-0.05, 0) is 51.0 Å². The first kappa shape index (κ1) is 26.1. The fourth-order valence-electron chi connectivity index (χ4n) is 4.70. The third kappa shape index (κ3) is 6.35. The number of alkyl halides is 1. The molecular formula is C28H32ClN5O. The third-order valence-corrected chi connectivity index (χ3v) is 6.36. The van der Waals surface area contributed by atoms with E-state index in [2.05, 4.69) is 47.9 Å². The summed E-state index contributed by atoms with van der Waals surface area (Å²) in [5, 5.41) is 9.65. The molecule has 182 valence electrons. The number of nitriles is 1. The van der Waals surface area contributed by atoms with Gasteiger partial charge in [-0.15, -0.1) is 11.6 Å². The van der Waals surface area contributed by atoms with Gasteiger partial charge in [0.05, 0.1) is 12.6 Å². The number of aryl methyl sites for hydroxylation is 2. The molecule has 2 aromatic carbocycles. The van der Waals surface area contributed by atoms with Gasteiger partial charge in [-0.2, -0.15) is 0 Å². The summed E-state index contributed by atoms with van der Waals surface area (Å²) in [6, 6.07) is 16.2. The second kappa shape index (κ2) is 11.8. The van der Waals surface area contributed by atoms with Crippen LogP contribution in [0.15, 0.2) is 54.0 Å². The van der Waals surface area contributed by atoms with Crippen molar-refractivity contribution in [3.05, 3.63) is 87.7 Å². The van der Waals surface area contributed by atoms with Crippen LogP contribution in [-0.2, 0) is 17.2 Å². The van der Waals surface area contributed by atoms with Crippen molar-refractivity contribution in [3.63, 3.8) is 0 Å². The smallest absolute Gasteiger partial charge is 0.300 e. The normalized spacial score (nSPS) is 14.6. The molecule has 1 heterocycles. The minimum absolute atomic E-state index is 0.000140. The maximum absolute atomic E-state index is 13.3. The van der Waals surface area contributed by atoms with Crippen molar-refractivity contribution in [1.29, 1.82) is 5.26 Å². The number of anilines is 1. The lowest BCUT2D eigenvalue weighted by atomic mass is 10.1. The third-order valence-electron chi connectivity index (χ3n) is 6.05. The molecule has 2 aromatic rings. The maximum atomic E-state index is 13.3. The van der Waals surface area contributed by atoms with Gasteiger partial charge in [-0.25, -0.2) is 10.1 Å². The van der Waals surface area contributed by atoms with E-state index in [1.165, 1.54) is 11.1 Å². The summed E-state index contributed by atoms with van der Waals surface area (Å²) in [6.45, 7) is 18.1. The molecule has 0 radical (unpaired) electrons. The molecule has 0 aromatic heterocycles. The van der Waals surface area contributed by atoms with E-state index in [1.54, 1.807) is 4.90 Å². The first-order chi connectivity index (χ1) is 16.8. The van der Waals surface area contributed by atoms with Gasteiger partial charge in [0.1, 0.15) is 5.82 Å². The minimum atomic E-state index is -0.0133. The summed E-state index contributed by atoms with van der Waals surface area (Å²) < 4.78 is 0. The van der Waals surface area contributed by atoms with E-state index in [1.807, 2.05) is 43.0 Å². The van der Waals surface area contributed by atoms with Crippen molar-refractivity contribution in [3.8, 4) is 6.07 Å². The second-order valence-electron chi connectivity index (χ2n) is 9.21. The summed E-state index contributed by atoms with van der Waals surface area (Å²) in [5.41, 5.74) is 5.37. The number of halogens is 1. The van der Waals surface area contributed by atoms with Gasteiger partial charge in [-0.1, -0.05) is 41.5 Å². The molecule has 1 aliphatic rings. The highest BCUT2D eigenvalue weighted by molar-refractivity contribution is 6.17. The topological polar surface area (TPSA) is 54.9 Å². The molecular weight excluding hydrogens is 458 g/mol. The fraction of sp³-hybridized carbons (Fsp3) is 0.393. The molecule has 0 saturated carbocycles. The van der Waals surface area contributed by atoms with Crippen LogP contribution in [-0.4, -0.2) is 41.4 Å². The number of hydrogen-bond donors (Lipinski definition) is 0. The molecule has 1 aliphatic heterocycles. The molecule has 6 nitrogen and oxygen atoms in total. The Bertz CT molecular complexity index is 1150. The number of carbonyl (C=O) groups excluding carboxylic acids is 1. The quantitative estimate of drug-likeness (QED) is 0.275. The Labute approximate surface area is 213 Å². The van der Waals surface area contributed by atoms with Crippen molar-refractivity contribution in [2.45, 2.75) is 52.6 Å². The Balaban J connectivity index is 1.79. The number of allylic oxidation sites excluding steroid dienone is 1. The minimum Gasteiger partial charge on any atom is -0.364 e. The number of benzene rings is 2. The summed E-state index contributed by atoms with van der Waals surface area (Å²) in [6.07, 6.45) is 0.279. The fourth-order valence-corrected chi connectivity index (χ4v) is 4.87. The van der Waals surface area contributed by atoms with Crippen LogP contribution in [0.2, 0.25) is 0 Å². The molecule has 0 aliphatic carbocycles. The predicted molar refractivity (Wildman–Crippen MR) is 140 cm³/mol. The van der Waals surface area contributed by atoms with E-state index in [-0.39, 0.29) is 24.1 Å². The van der Waals surface area contributed by atoms with Crippen LogP contribution in [0.25, 0.3) is 4.85 Å². The lowest BCUT2D eigenvalue weighted by Gasteiger charge is -2.29. The molecule has 3 rings (SSSR count). The lowest BCUT2D eigenvalue weighted by molar-refractivity contribution is -0.119. The Morgan fingerprint density at radius 2 is 1.83 bits per heavy atom. The monoisotopic (exact) mass is 489 g/mol. The van der Waals surface area contributed by atoms with E-state index in [4.69, 9.17) is 18.2 Å². The SMILES string of the molecule is [C-]#[N+]/C(C#N)=C1\N(CCC(=O)N(c2cccc(CCl)c2)C(C)C)CCN1Cc1cc(C)cc(C)c1. The number of carbonyl (C=O) groups is 1. The predicted octanol–water partition coefficient (Wildman–Crippen LogP) is 5.60. The number of hydrogen-bond acceptors (Lipinski definition) is 4. The van der Waals surface area contributed by atoms with Crippen molar-refractivity contribution >= 4 is 23.2 Å². The molecule has 0 atom stereocenters. The van der Waals surface area contributed by atoms with Crippen molar-refractivity contribution in [2.24, 2.45) is 0 Å². The first-order valence-corrected chi connectivity index (χ1v) is 12.4. The van der Waals surface area contributed by atoms with Gasteiger partial charge in [-0.3, -0.25) is 4.79 Å². The summed E-state index contributed by atoms with van der Waals surface area (Å²) in [7, 11) is 0. The van der Waals surface area contributed by atoms with Crippen molar-refractivity contribution in [1.82, 2.24) is 9.80 Å². The van der Waals surface area contributed by atoms with Crippen LogP contribution in [0.1, 0.15) is 42.5 Å². The van der Waals surface area contributed by atoms with Gasteiger partial charge in [0.2, 0.25) is 5.91 Å².